The van der Waals surface area contributed by atoms with Crippen molar-refractivity contribution in [3.05, 3.63) is 40.8 Å². The smallest absolute Gasteiger partial charge is 0.487 e. The minimum atomic E-state index is -5.08. The largest absolute Gasteiger partial charge is 0.490 e. The van der Waals surface area contributed by atoms with Gasteiger partial charge in [-0.2, -0.15) is 13.2 Å². The van der Waals surface area contributed by atoms with Crippen molar-refractivity contribution in [2.45, 2.75) is 26.1 Å². The Labute approximate surface area is 194 Å². The van der Waals surface area contributed by atoms with E-state index < -0.39 is 23.9 Å². The van der Waals surface area contributed by atoms with Crippen LogP contribution in [0.1, 0.15) is 22.2 Å². The molecular weight excluding hydrogens is 484 g/mol. The maximum Gasteiger partial charge on any atom is 0.490 e. The fourth-order valence-electron chi connectivity index (χ4n) is 2.54. The molecule has 0 saturated carbocycles. The predicted molar refractivity (Wildman–Crippen MR) is 116 cm³/mol. The number of carbonyl (C=O) groups excluding carboxylic acids is 1. The second-order valence-corrected chi connectivity index (χ2v) is 7.68. The SMILES string of the molecule is COC(=O)c1sc2ncnc(Nc3ccc(F)cc3OC(C)CN)c2c1C.O=C(O)C(F)(F)F. The van der Waals surface area contributed by atoms with Crippen LogP contribution < -0.4 is 15.8 Å². The lowest BCUT2D eigenvalue weighted by Gasteiger charge is -2.17. The number of anilines is 2. The van der Waals surface area contributed by atoms with Gasteiger partial charge < -0.3 is 25.6 Å². The van der Waals surface area contributed by atoms with Crippen LogP contribution in [-0.2, 0) is 9.53 Å². The van der Waals surface area contributed by atoms with Gasteiger partial charge in [0.15, 0.2) is 0 Å². The third-order valence-electron chi connectivity index (χ3n) is 4.20. The fourth-order valence-corrected chi connectivity index (χ4v) is 3.61. The number of carboxylic acids is 1. The van der Waals surface area contributed by atoms with Gasteiger partial charge in [0.05, 0.1) is 18.2 Å². The van der Waals surface area contributed by atoms with Gasteiger partial charge in [-0.25, -0.2) is 23.9 Å². The molecule has 3 aromatic rings. The maximum atomic E-state index is 13.7. The molecule has 0 aliphatic heterocycles. The number of aromatic nitrogens is 2. The van der Waals surface area contributed by atoms with E-state index in [4.69, 9.17) is 25.1 Å². The monoisotopic (exact) mass is 504 g/mol. The first-order valence-electron chi connectivity index (χ1n) is 9.44. The molecule has 0 amide bonds. The van der Waals surface area contributed by atoms with Crippen molar-refractivity contribution in [3.63, 3.8) is 0 Å². The minimum absolute atomic E-state index is 0.286. The summed E-state index contributed by atoms with van der Waals surface area (Å²) >= 11 is 1.23. The van der Waals surface area contributed by atoms with E-state index in [0.29, 0.717) is 44.5 Å². The molecule has 0 aliphatic rings. The first kappa shape index (κ1) is 26.7. The standard InChI is InChI=1S/C18H19FN4O3S.C2HF3O2/c1-9(7-20)26-13-6-11(19)4-5-12(13)23-16-14-10(2)15(18(24)25-3)27-17(14)22-8-21-16;3-2(4,5)1(6)7/h4-6,8-9H,7,20H2,1-3H3,(H,21,22,23);(H,6,7). The molecule has 2 heterocycles. The second kappa shape index (κ2) is 11.1. The van der Waals surface area contributed by atoms with E-state index in [1.165, 1.54) is 36.9 Å². The molecule has 14 heteroatoms. The lowest BCUT2D eigenvalue weighted by Crippen LogP contribution is -2.23. The van der Waals surface area contributed by atoms with Gasteiger partial charge in [0.1, 0.15) is 39.5 Å². The summed E-state index contributed by atoms with van der Waals surface area (Å²) < 4.78 is 55.9. The molecule has 0 saturated heterocycles. The summed E-state index contributed by atoms with van der Waals surface area (Å²) in [5.41, 5.74) is 6.84. The average molecular weight is 504 g/mol. The normalized spacial score (nSPS) is 11.9. The van der Waals surface area contributed by atoms with Crippen LogP contribution >= 0.6 is 11.3 Å². The number of benzene rings is 1. The highest BCUT2D eigenvalue weighted by Crippen LogP contribution is 2.36. The Morgan fingerprint density at radius 2 is 1.94 bits per heavy atom. The van der Waals surface area contributed by atoms with Gasteiger partial charge in [0.2, 0.25) is 0 Å². The summed E-state index contributed by atoms with van der Waals surface area (Å²) in [6, 6.07) is 4.17. The topological polar surface area (TPSA) is 137 Å². The lowest BCUT2D eigenvalue weighted by molar-refractivity contribution is -0.192. The molecule has 1 unspecified atom stereocenters. The Balaban J connectivity index is 0.000000509. The third kappa shape index (κ3) is 6.51. The number of fused-ring (bicyclic) bond motifs is 1. The van der Waals surface area contributed by atoms with E-state index in [9.17, 15) is 22.4 Å². The Hall–Kier alpha value is -3.52. The number of ether oxygens (including phenoxy) is 2. The number of aliphatic carboxylic acids is 1. The number of nitrogens with two attached hydrogens (primary N) is 1. The van der Waals surface area contributed by atoms with E-state index >= 15 is 0 Å². The Morgan fingerprint density at radius 1 is 1.29 bits per heavy atom. The number of hydrogen-bond donors (Lipinski definition) is 3. The molecule has 9 nitrogen and oxygen atoms in total. The van der Waals surface area contributed by atoms with Crippen LogP contribution in [-0.4, -0.2) is 52.9 Å². The highest BCUT2D eigenvalue weighted by atomic mass is 32.1. The quantitative estimate of drug-likeness (QED) is 0.336. The van der Waals surface area contributed by atoms with Gasteiger partial charge in [-0.05, 0) is 31.5 Å². The van der Waals surface area contributed by atoms with Crippen molar-refractivity contribution in [1.82, 2.24) is 9.97 Å². The van der Waals surface area contributed by atoms with E-state index in [-0.39, 0.29) is 6.10 Å². The number of nitrogens with one attached hydrogen (secondary N) is 1. The van der Waals surface area contributed by atoms with Gasteiger partial charge in [-0.3, -0.25) is 0 Å². The first-order valence-corrected chi connectivity index (χ1v) is 10.3. The number of carboxylic acid groups (broad SMARTS) is 1. The Bertz CT molecular complexity index is 1190. The van der Waals surface area contributed by atoms with Gasteiger partial charge in [-0.1, -0.05) is 0 Å². The van der Waals surface area contributed by atoms with Crippen LogP contribution in [0.5, 0.6) is 5.75 Å². The van der Waals surface area contributed by atoms with Crippen LogP contribution in [0.4, 0.5) is 29.1 Å². The number of halogens is 4. The molecule has 34 heavy (non-hydrogen) atoms. The summed E-state index contributed by atoms with van der Waals surface area (Å²) in [4.78, 5) is 30.5. The number of nitrogens with zero attached hydrogens (tertiary/aromatic N) is 2. The summed E-state index contributed by atoms with van der Waals surface area (Å²) in [7, 11) is 1.33. The van der Waals surface area contributed by atoms with E-state index in [1.807, 2.05) is 0 Å². The predicted octanol–water partition coefficient (Wildman–Crippen LogP) is 4.03. The first-order chi connectivity index (χ1) is 15.9. The molecule has 4 N–H and O–H groups in total. The van der Waals surface area contributed by atoms with E-state index in [1.54, 1.807) is 19.9 Å². The molecule has 2 aromatic heterocycles. The number of thiophene rings is 1. The maximum absolute atomic E-state index is 13.7. The van der Waals surface area contributed by atoms with Crippen LogP contribution in [0.25, 0.3) is 10.2 Å². The summed E-state index contributed by atoms with van der Waals surface area (Å²) in [6.45, 7) is 3.89. The lowest BCUT2D eigenvalue weighted by atomic mass is 10.2. The number of hydrogen-bond acceptors (Lipinski definition) is 9. The fraction of sp³-hybridized carbons (Fsp3) is 0.300. The van der Waals surface area contributed by atoms with Gasteiger partial charge in [-0.15, -0.1) is 11.3 Å². The zero-order chi connectivity index (χ0) is 25.6. The van der Waals surface area contributed by atoms with Crippen molar-refractivity contribution in [2.75, 3.05) is 19.0 Å². The summed E-state index contributed by atoms with van der Waals surface area (Å²) in [5.74, 6) is -2.80. The number of aryl methyl sites for hydroxylation is 1. The Kier molecular flexibility index (Phi) is 8.70. The van der Waals surface area contributed by atoms with Crippen LogP contribution in [0.3, 0.4) is 0 Å². The summed E-state index contributed by atoms with van der Waals surface area (Å²) in [6.07, 6.45) is -3.97. The molecule has 3 rings (SSSR count). The molecule has 0 bridgehead atoms. The van der Waals surface area contributed by atoms with Crippen molar-refractivity contribution < 1.29 is 41.7 Å². The number of esters is 1. The van der Waals surface area contributed by atoms with Crippen LogP contribution in [0.2, 0.25) is 0 Å². The molecule has 0 spiro atoms. The van der Waals surface area contributed by atoms with Gasteiger partial charge >= 0.3 is 18.1 Å². The zero-order valence-electron chi connectivity index (χ0n) is 18.1. The number of alkyl halides is 3. The Morgan fingerprint density at radius 3 is 2.50 bits per heavy atom. The molecular formula is C20H20F4N4O5S. The average Bonchev–Trinajstić information content (AvgIpc) is 3.12. The number of rotatable bonds is 6. The zero-order valence-corrected chi connectivity index (χ0v) is 18.9. The second-order valence-electron chi connectivity index (χ2n) is 6.68. The molecule has 1 aromatic carbocycles. The van der Waals surface area contributed by atoms with Crippen molar-refractivity contribution in [2.24, 2.45) is 5.73 Å². The molecule has 1 atom stereocenters. The van der Waals surface area contributed by atoms with Gasteiger partial charge in [0.25, 0.3) is 0 Å². The van der Waals surface area contributed by atoms with Crippen LogP contribution in [0.15, 0.2) is 24.5 Å². The highest BCUT2D eigenvalue weighted by Gasteiger charge is 2.38. The molecule has 0 radical (unpaired) electrons. The molecule has 0 aliphatic carbocycles. The van der Waals surface area contributed by atoms with Crippen molar-refractivity contribution in [3.8, 4) is 5.75 Å². The number of carbonyl (C=O) groups is 2. The minimum Gasteiger partial charge on any atom is -0.487 e. The van der Waals surface area contributed by atoms with Crippen molar-refractivity contribution in [1.29, 1.82) is 0 Å². The molecule has 184 valence electrons. The third-order valence-corrected chi connectivity index (χ3v) is 5.38. The van der Waals surface area contributed by atoms with Gasteiger partial charge in [0, 0.05) is 12.6 Å². The molecule has 0 fully saturated rings. The highest BCUT2D eigenvalue weighted by molar-refractivity contribution is 7.20. The van der Waals surface area contributed by atoms with Crippen molar-refractivity contribution >= 4 is 45.0 Å². The van der Waals surface area contributed by atoms with Crippen LogP contribution in [0, 0.1) is 12.7 Å². The number of methoxy groups -OCH3 is 1. The van der Waals surface area contributed by atoms with E-state index in [2.05, 4.69) is 15.3 Å². The van der Waals surface area contributed by atoms with E-state index in [0.717, 1.165) is 0 Å². The summed E-state index contributed by atoms with van der Waals surface area (Å²) in [5, 5.41) is 11.0.